The molecule has 2 aromatic rings. The number of aromatic nitrogens is 2. The van der Waals surface area contributed by atoms with E-state index in [1.54, 1.807) is 6.20 Å². The van der Waals surface area contributed by atoms with Gasteiger partial charge in [-0.25, -0.2) is 4.79 Å². The fraction of sp³-hybridized carbons (Fsp3) is 0.273. The van der Waals surface area contributed by atoms with Gasteiger partial charge in [-0.15, -0.1) is 0 Å². The van der Waals surface area contributed by atoms with Crippen molar-refractivity contribution in [1.82, 2.24) is 15.5 Å². The molecule has 17 heavy (non-hydrogen) atoms. The van der Waals surface area contributed by atoms with E-state index in [1.807, 2.05) is 26.0 Å². The Hall–Kier alpha value is -2.24. The quantitative estimate of drug-likeness (QED) is 0.761. The zero-order chi connectivity index (χ0) is 12.3. The number of hydrogen-bond donors (Lipinski definition) is 3. The molecule has 2 aromatic heterocycles. The number of amides is 2. The number of aromatic amines is 1. The van der Waals surface area contributed by atoms with Gasteiger partial charge in [-0.3, -0.25) is 5.10 Å². The standard InChI is InChI=1S/C11H14N4O2/c1-7-3-4-10(17-7)8(2)14-11(16)15-9-5-12-13-6-9/h3-6,8H,1-2H3,(H,12,13)(H2,14,15,16)/t8-/m1/s1. The van der Waals surface area contributed by atoms with Crippen molar-refractivity contribution in [3.63, 3.8) is 0 Å². The van der Waals surface area contributed by atoms with Crippen molar-refractivity contribution < 1.29 is 9.21 Å². The second-order valence-corrected chi connectivity index (χ2v) is 3.76. The summed E-state index contributed by atoms with van der Waals surface area (Å²) in [5.41, 5.74) is 0.616. The first-order valence-corrected chi connectivity index (χ1v) is 5.28. The minimum atomic E-state index is -0.298. The fourth-order valence-electron chi connectivity index (χ4n) is 1.44. The zero-order valence-corrected chi connectivity index (χ0v) is 9.65. The molecule has 0 aliphatic rings. The van der Waals surface area contributed by atoms with Crippen LogP contribution in [0.2, 0.25) is 0 Å². The van der Waals surface area contributed by atoms with Crippen LogP contribution >= 0.6 is 0 Å². The van der Waals surface area contributed by atoms with Gasteiger partial charge in [0, 0.05) is 6.20 Å². The summed E-state index contributed by atoms with van der Waals surface area (Å²) in [5.74, 6) is 1.55. The molecule has 1 atom stereocenters. The smallest absolute Gasteiger partial charge is 0.319 e. The van der Waals surface area contributed by atoms with Crippen molar-refractivity contribution in [2.45, 2.75) is 19.9 Å². The number of furan rings is 1. The Bertz CT molecular complexity index is 489. The first-order valence-electron chi connectivity index (χ1n) is 5.28. The minimum Gasteiger partial charge on any atom is -0.464 e. The number of nitrogens with one attached hydrogen (secondary N) is 3. The van der Waals surface area contributed by atoms with E-state index < -0.39 is 0 Å². The largest absolute Gasteiger partial charge is 0.464 e. The van der Waals surface area contributed by atoms with Gasteiger partial charge in [-0.1, -0.05) is 0 Å². The lowest BCUT2D eigenvalue weighted by Gasteiger charge is -2.11. The number of carbonyl (C=O) groups is 1. The summed E-state index contributed by atoms with van der Waals surface area (Å²) in [7, 11) is 0. The first-order chi connectivity index (χ1) is 8.15. The van der Waals surface area contributed by atoms with Crippen molar-refractivity contribution in [3.8, 4) is 0 Å². The van der Waals surface area contributed by atoms with Gasteiger partial charge in [-0.05, 0) is 26.0 Å². The van der Waals surface area contributed by atoms with Crippen LogP contribution in [0.1, 0.15) is 24.5 Å². The molecular weight excluding hydrogens is 220 g/mol. The molecule has 0 radical (unpaired) electrons. The second kappa shape index (κ2) is 4.73. The number of hydrogen-bond acceptors (Lipinski definition) is 3. The Labute approximate surface area is 98.4 Å². The van der Waals surface area contributed by atoms with Crippen molar-refractivity contribution in [2.75, 3.05) is 5.32 Å². The molecule has 2 amide bonds. The SMILES string of the molecule is Cc1ccc([C@@H](C)NC(=O)Nc2cn[nH]c2)o1. The third-order valence-electron chi connectivity index (χ3n) is 2.29. The van der Waals surface area contributed by atoms with Gasteiger partial charge in [0.05, 0.1) is 17.9 Å². The molecule has 0 aliphatic carbocycles. The van der Waals surface area contributed by atoms with E-state index in [0.717, 1.165) is 11.5 Å². The van der Waals surface area contributed by atoms with Gasteiger partial charge in [0.2, 0.25) is 0 Å². The van der Waals surface area contributed by atoms with Crippen LogP contribution in [0.3, 0.4) is 0 Å². The number of aryl methyl sites for hydroxylation is 1. The average Bonchev–Trinajstić information content (AvgIpc) is 2.89. The first kappa shape index (κ1) is 11.3. The molecule has 6 heteroatoms. The highest BCUT2D eigenvalue weighted by Gasteiger charge is 2.12. The Morgan fingerprint density at radius 2 is 2.35 bits per heavy atom. The maximum Gasteiger partial charge on any atom is 0.319 e. The molecule has 0 unspecified atom stereocenters. The summed E-state index contributed by atoms with van der Waals surface area (Å²) < 4.78 is 5.42. The lowest BCUT2D eigenvalue weighted by Crippen LogP contribution is -2.30. The van der Waals surface area contributed by atoms with E-state index in [9.17, 15) is 4.79 Å². The van der Waals surface area contributed by atoms with E-state index in [1.165, 1.54) is 6.20 Å². The van der Waals surface area contributed by atoms with E-state index in [-0.39, 0.29) is 12.1 Å². The van der Waals surface area contributed by atoms with E-state index in [4.69, 9.17) is 4.42 Å². The average molecular weight is 234 g/mol. The number of carbonyl (C=O) groups excluding carboxylic acids is 1. The fourth-order valence-corrected chi connectivity index (χ4v) is 1.44. The Kier molecular flexibility index (Phi) is 3.13. The van der Waals surface area contributed by atoms with Crippen LogP contribution in [-0.4, -0.2) is 16.2 Å². The molecule has 90 valence electrons. The molecular formula is C11H14N4O2. The molecule has 0 bridgehead atoms. The summed E-state index contributed by atoms with van der Waals surface area (Å²) in [5, 5.41) is 11.7. The minimum absolute atomic E-state index is 0.185. The van der Waals surface area contributed by atoms with Crippen LogP contribution in [0.5, 0.6) is 0 Å². The molecule has 0 fully saturated rings. The lowest BCUT2D eigenvalue weighted by atomic mass is 10.2. The third kappa shape index (κ3) is 2.87. The van der Waals surface area contributed by atoms with Crippen LogP contribution in [0.25, 0.3) is 0 Å². The van der Waals surface area contributed by atoms with E-state index in [2.05, 4.69) is 20.8 Å². The van der Waals surface area contributed by atoms with Gasteiger partial charge in [0.15, 0.2) is 0 Å². The normalized spacial score (nSPS) is 12.1. The number of urea groups is 1. The summed E-state index contributed by atoms with van der Waals surface area (Å²) in [6.07, 6.45) is 3.13. The summed E-state index contributed by atoms with van der Waals surface area (Å²) in [6, 6.07) is 3.23. The Balaban J connectivity index is 1.90. The highest BCUT2D eigenvalue weighted by atomic mass is 16.3. The van der Waals surface area contributed by atoms with Gasteiger partial charge < -0.3 is 15.1 Å². The topological polar surface area (TPSA) is 83.0 Å². The number of anilines is 1. The third-order valence-corrected chi connectivity index (χ3v) is 2.29. The molecule has 0 saturated carbocycles. The van der Waals surface area contributed by atoms with Gasteiger partial charge >= 0.3 is 6.03 Å². The Morgan fingerprint density at radius 1 is 1.53 bits per heavy atom. The van der Waals surface area contributed by atoms with Crippen molar-refractivity contribution >= 4 is 11.7 Å². The highest BCUT2D eigenvalue weighted by molar-refractivity contribution is 5.89. The molecule has 6 nitrogen and oxygen atoms in total. The zero-order valence-electron chi connectivity index (χ0n) is 9.65. The predicted octanol–water partition coefficient (Wildman–Crippen LogP) is 2.19. The predicted molar refractivity (Wildman–Crippen MR) is 62.6 cm³/mol. The number of nitrogens with zero attached hydrogens (tertiary/aromatic N) is 1. The van der Waals surface area contributed by atoms with Gasteiger partial charge in [0.1, 0.15) is 11.5 Å². The number of rotatable bonds is 3. The molecule has 0 aromatic carbocycles. The maximum absolute atomic E-state index is 11.6. The molecule has 0 saturated heterocycles. The molecule has 0 aliphatic heterocycles. The van der Waals surface area contributed by atoms with E-state index in [0.29, 0.717) is 5.69 Å². The summed E-state index contributed by atoms with van der Waals surface area (Å²) in [6.45, 7) is 3.72. The molecule has 3 N–H and O–H groups in total. The van der Waals surface area contributed by atoms with Crippen molar-refractivity contribution in [3.05, 3.63) is 36.0 Å². The van der Waals surface area contributed by atoms with Gasteiger partial charge in [0.25, 0.3) is 0 Å². The highest BCUT2D eigenvalue weighted by Crippen LogP contribution is 2.15. The summed E-state index contributed by atoms with van der Waals surface area (Å²) >= 11 is 0. The van der Waals surface area contributed by atoms with Crippen LogP contribution < -0.4 is 10.6 Å². The van der Waals surface area contributed by atoms with Crippen LogP contribution in [0.4, 0.5) is 10.5 Å². The second-order valence-electron chi connectivity index (χ2n) is 3.76. The monoisotopic (exact) mass is 234 g/mol. The maximum atomic E-state index is 11.6. The van der Waals surface area contributed by atoms with Crippen LogP contribution in [-0.2, 0) is 0 Å². The van der Waals surface area contributed by atoms with Gasteiger partial charge in [-0.2, -0.15) is 5.10 Å². The van der Waals surface area contributed by atoms with Crippen molar-refractivity contribution in [1.29, 1.82) is 0 Å². The summed E-state index contributed by atoms with van der Waals surface area (Å²) in [4.78, 5) is 11.6. The van der Waals surface area contributed by atoms with Crippen LogP contribution in [0, 0.1) is 6.92 Å². The van der Waals surface area contributed by atoms with Crippen LogP contribution in [0.15, 0.2) is 28.9 Å². The molecule has 2 heterocycles. The van der Waals surface area contributed by atoms with Crippen molar-refractivity contribution in [2.24, 2.45) is 0 Å². The number of H-pyrrole nitrogens is 1. The lowest BCUT2D eigenvalue weighted by molar-refractivity contribution is 0.247. The molecule has 2 rings (SSSR count). The van der Waals surface area contributed by atoms with E-state index >= 15 is 0 Å². The Morgan fingerprint density at radius 3 is 2.94 bits per heavy atom. The molecule has 0 spiro atoms.